The molecule has 6 aromatic carbocycles. The number of pyridine rings is 2. The number of benzene rings is 6. The fourth-order valence-electron chi connectivity index (χ4n) is 7.21. The van der Waals surface area contributed by atoms with Crippen molar-refractivity contribution in [2.45, 2.75) is 0 Å². The molecule has 0 bridgehead atoms. The number of aromatic nitrogens is 2. The highest BCUT2D eigenvalue weighted by molar-refractivity contribution is 5.92. The Bertz CT molecular complexity index is 2330. The van der Waals surface area contributed by atoms with Gasteiger partial charge < -0.3 is 19.3 Å². The van der Waals surface area contributed by atoms with Crippen LogP contribution >= 0.6 is 0 Å². The first-order valence-electron chi connectivity index (χ1n) is 17.2. The minimum Gasteiger partial charge on any atom is -0.453 e. The average Bonchev–Trinajstić information content (AvgIpc) is 3.22. The third-order valence-corrected chi connectivity index (χ3v) is 9.57. The summed E-state index contributed by atoms with van der Waals surface area (Å²) in [5.74, 6) is 3.31. The summed E-state index contributed by atoms with van der Waals surface area (Å²) in [6.45, 7) is 0. The summed E-state index contributed by atoms with van der Waals surface area (Å²) in [5, 5.41) is 0. The van der Waals surface area contributed by atoms with E-state index in [1.54, 1.807) is 0 Å². The standard InChI is InChI=1S/C46H30N4O2/c1-5-17-41-37(13-1)49(38-14-2-6-18-42(38)51-41)33-25-21-31(22-26-33)45-35(11-9-29-47-45)36-12-10-30-48-46(36)32-23-27-34(28-24-32)50-39-15-3-7-19-43(39)52-44-20-8-4-16-40(44)50/h1-30H. The molecule has 6 nitrogen and oxygen atoms in total. The zero-order valence-corrected chi connectivity index (χ0v) is 27.9. The summed E-state index contributed by atoms with van der Waals surface area (Å²) in [6.07, 6.45) is 3.70. The van der Waals surface area contributed by atoms with Crippen LogP contribution in [0.3, 0.4) is 0 Å². The zero-order valence-electron chi connectivity index (χ0n) is 27.9. The molecule has 4 heterocycles. The summed E-state index contributed by atoms with van der Waals surface area (Å²) in [4.78, 5) is 14.3. The lowest BCUT2D eigenvalue weighted by molar-refractivity contribution is 0.477. The number of para-hydroxylation sites is 8. The average molecular weight is 671 g/mol. The van der Waals surface area contributed by atoms with Crippen LogP contribution in [0.4, 0.5) is 34.1 Å². The van der Waals surface area contributed by atoms with Crippen LogP contribution in [-0.4, -0.2) is 9.97 Å². The normalized spacial score (nSPS) is 12.5. The highest BCUT2D eigenvalue weighted by Gasteiger charge is 2.27. The molecule has 0 radical (unpaired) electrons. The quantitative estimate of drug-likeness (QED) is 0.182. The largest absolute Gasteiger partial charge is 0.453 e. The van der Waals surface area contributed by atoms with Crippen molar-refractivity contribution in [3.8, 4) is 56.6 Å². The first-order chi connectivity index (χ1) is 25.8. The molecule has 0 saturated heterocycles. The van der Waals surface area contributed by atoms with Crippen LogP contribution in [0.2, 0.25) is 0 Å². The number of hydrogen-bond acceptors (Lipinski definition) is 6. The van der Waals surface area contributed by atoms with E-state index in [0.717, 1.165) is 90.8 Å². The second-order valence-corrected chi connectivity index (χ2v) is 12.6. The molecule has 246 valence electrons. The van der Waals surface area contributed by atoms with E-state index in [2.05, 4.69) is 94.7 Å². The molecule has 0 spiro atoms. The molecule has 0 amide bonds. The molecule has 2 aliphatic rings. The van der Waals surface area contributed by atoms with Crippen LogP contribution in [0.1, 0.15) is 0 Å². The molecule has 0 atom stereocenters. The van der Waals surface area contributed by atoms with Gasteiger partial charge in [0.05, 0.1) is 34.1 Å². The number of ether oxygens (including phenoxy) is 2. The predicted molar refractivity (Wildman–Crippen MR) is 208 cm³/mol. The molecule has 0 saturated carbocycles. The molecule has 10 rings (SSSR count). The number of hydrogen-bond donors (Lipinski definition) is 0. The summed E-state index contributed by atoms with van der Waals surface area (Å²) in [5.41, 5.74) is 11.9. The van der Waals surface area contributed by atoms with Crippen molar-refractivity contribution in [2.24, 2.45) is 0 Å². The maximum atomic E-state index is 6.24. The van der Waals surface area contributed by atoms with Gasteiger partial charge in [0, 0.05) is 46.0 Å². The maximum Gasteiger partial charge on any atom is 0.151 e. The number of rotatable bonds is 5. The molecule has 2 aliphatic heterocycles. The Morgan fingerprint density at radius 3 is 1.00 bits per heavy atom. The summed E-state index contributed by atoms with van der Waals surface area (Å²) >= 11 is 0. The van der Waals surface area contributed by atoms with Crippen molar-refractivity contribution >= 4 is 34.1 Å². The Hall–Kier alpha value is -7.18. The Kier molecular flexibility index (Phi) is 7.03. The first kappa shape index (κ1) is 29.7. The van der Waals surface area contributed by atoms with Crippen molar-refractivity contribution in [1.29, 1.82) is 0 Å². The maximum absolute atomic E-state index is 6.24. The van der Waals surface area contributed by atoms with Crippen LogP contribution in [0, 0.1) is 0 Å². The lowest BCUT2D eigenvalue weighted by Gasteiger charge is -2.32. The minimum absolute atomic E-state index is 0.828. The lowest BCUT2D eigenvalue weighted by atomic mass is 9.95. The van der Waals surface area contributed by atoms with Crippen molar-refractivity contribution < 1.29 is 9.47 Å². The van der Waals surface area contributed by atoms with Gasteiger partial charge >= 0.3 is 0 Å². The third kappa shape index (κ3) is 4.96. The Morgan fingerprint density at radius 2 is 0.654 bits per heavy atom. The second-order valence-electron chi connectivity index (χ2n) is 12.6. The van der Waals surface area contributed by atoms with Gasteiger partial charge in [0.25, 0.3) is 0 Å². The summed E-state index contributed by atoms with van der Waals surface area (Å²) in [6, 6.07) is 57.9. The Balaban J connectivity index is 1.01. The molecule has 0 N–H and O–H groups in total. The minimum atomic E-state index is 0.828. The lowest BCUT2D eigenvalue weighted by Crippen LogP contribution is -2.15. The van der Waals surface area contributed by atoms with Crippen molar-refractivity contribution in [1.82, 2.24) is 9.97 Å². The molecule has 6 heteroatoms. The molecular weight excluding hydrogens is 641 g/mol. The van der Waals surface area contributed by atoms with E-state index in [1.807, 2.05) is 97.3 Å². The topological polar surface area (TPSA) is 50.7 Å². The fraction of sp³-hybridized carbons (Fsp3) is 0. The molecule has 0 aliphatic carbocycles. The van der Waals surface area contributed by atoms with Crippen molar-refractivity contribution in [2.75, 3.05) is 9.80 Å². The van der Waals surface area contributed by atoms with Crippen LogP contribution < -0.4 is 19.3 Å². The van der Waals surface area contributed by atoms with E-state index in [-0.39, 0.29) is 0 Å². The van der Waals surface area contributed by atoms with Gasteiger partial charge in [-0.1, -0.05) is 84.9 Å². The fourth-order valence-corrected chi connectivity index (χ4v) is 7.21. The molecule has 0 fully saturated rings. The van der Waals surface area contributed by atoms with Gasteiger partial charge in [-0.2, -0.15) is 0 Å². The highest BCUT2D eigenvalue weighted by Crippen LogP contribution is 2.52. The van der Waals surface area contributed by atoms with Gasteiger partial charge in [0.15, 0.2) is 23.0 Å². The smallest absolute Gasteiger partial charge is 0.151 e. The van der Waals surface area contributed by atoms with Gasteiger partial charge in [0.2, 0.25) is 0 Å². The number of nitrogens with zero attached hydrogens (tertiary/aromatic N) is 4. The Labute approximate surface area is 301 Å². The van der Waals surface area contributed by atoms with E-state index < -0.39 is 0 Å². The van der Waals surface area contributed by atoms with Gasteiger partial charge in [0.1, 0.15) is 0 Å². The monoisotopic (exact) mass is 670 g/mol. The molecule has 2 aromatic heterocycles. The molecular formula is C46H30N4O2. The Morgan fingerprint density at radius 1 is 0.327 bits per heavy atom. The highest BCUT2D eigenvalue weighted by atomic mass is 16.5. The van der Waals surface area contributed by atoms with E-state index in [1.165, 1.54) is 0 Å². The summed E-state index contributed by atoms with van der Waals surface area (Å²) in [7, 11) is 0. The van der Waals surface area contributed by atoms with Crippen LogP contribution in [0.15, 0.2) is 182 Å². The molecule has 0 unspecified atom stereocenters. The summed E-state index contributed by atoms with van der Waals surface area (Å²) < 4.78 is 12.5. The number of anilines is 6. The van der Waals surface area contributed by atoms with Crippen LogP contribution in [0.25, 0.3) is 33.6 Å². The van der Waals surface area contributed by atoms with Crippen molar-refractivity contribution in [3.05, 3.63) is 182 Å². The van der Waals surface area contributed by atoms with E-state index in [4.69, 9.17) is 19.4 Å². The van der Waals surface area contributed by atoms with E-state index >= 15 is 0 Å². The number of fused-ring (bicyclic) bond motifs is 4. The molecule has 52 heavy (non-hydrogen) atoms. The zero-order chi connectivity index (χ0) is 34.4. The van der Waals surface area contributed by atoms with Crippen molar-refractivity contribution in [3.63, 3.8) is 0 Å². The first-order valence-corrected chi connectivity index (χ1v) is 17.2. The van der Waals surface area contributed by atoms with Crippen LogP contribution in [0.5, 0.6) is 23.0 Å². The SMILES string of the molecule is c1ccc2c(c1)Oc1ccccc1N2c1ccc(-c2ncccc2-c2cccnc2-c2ccc(N3c4ccccc4Oc4ccccc43)cc2)cc1. The third-order valence-electron chi connectivity index (χ3n) is 9.57. The van der Waals surface area contributed by atoms with Crippen LogP contribution in [-0.2, 0) is 0 Å². The van der Waals surface area contributed by atoms with Gasteiger partial charge in [-0.15, -0.1) is 0 Å². The van der Waals surface area contributed by atoms with E-state index in [0.29, 0.717) is 0 Å². The van der Waals surface area contributed by atoms with E-state index in [9.17, 15) is 0 Å². The van der Waals surface area contributed by atoms with Gasteiger partial charge in [-0.25, -0.2) is 0 Å². The predicted octanol–water partition coefficient (Wildman–Crippen LogP) is 12.6. The van der Waals surface area contributed by atoms with Gasteiger partial charge in [-0.3, -0.25) is 9.97 Å². The molecule has 8 aromatic rings. The second kappa shape index (κ2) is 12.3. The van der Waals surface area contributed by atoms with Gasteiger partial charge in [-0.05, 0) is 84.9 Å².